The number of ether oxygens (including phenoxy) is 1. The summed E-state index contributed by atoms with van der Waals surface area (Å²) in [4.78, 5) is 11.3. The van der Waals surface area contributed by atoms with Gasteiger partial charge in [0.25, 0.3) is 0 Å². The number of rotatable bonds is 7. The Labute approximate surface area is 155 Å². The minimum Gasteiger partial charge on any atom is -0.489 e. The normalized spacial score (nSPS) is 10.7. The molecule has 3 rings (SSSR count). The molecule has 0 fully saturated rings. The first-order valence-electron chi connectivity index (χ1n) is 9.00. The second-order valence-corrected chi connectivity index (χ2v) is 6.98. The van der Waals surface area contributed by atoms with Gasteiger partial charge in [-0.3, -0.25) is 4.79 Å². The van der Waals surface area contributed by atoms with Crippen LogP contribution in [0.3, 0.4) is 0 Å². The van der Waals surface area contributed by atoms with Crippen LogP contribution in [-0.4, -0.2) is 6.29 Å². The molecule has 26 heavy (non-hydrogen) atoms. The van der Waals surface area contributed by atoms with Gasteiger partial charge in [-0.1, -0.05) is 68.4 Å². The first-order valence-corrected chi connectivity index (χ1v) is 9.00. The standard InChI is InChI=1S/C24H24O2/c1-18(2)12-19-8-10-22(11-9-19)23-13-21(16-25)14-24(15-23)26-17-20-6-4-3-5-7-20/h3-11,13-16,18H,12,17H2,1-2H3. The van der Waals surface area contributed by atoms with Crippen molar-refractivity contribution < 1.29 is 9.53 Å². The average molecular weight is 344 g/mol. The molecule has 3 aromatic rings. The van der Waals surface area contributed by atoms with Gasteiger partial charge in [-0.15, -0.1) is 0 Å². The van der Waals surface area contributed by atoms with Crippen molar-refractivity contribution in [2.75, 3.05) is 0 Å². The first kappa shape index (κ1) is 17.9. The summed E-state index contributed by atoms with van der Waals surface area (Å²) in [5, 5.41) is 0. The summed E-state index contributed by atoms with van der Waals surface area (Å²) in [6, 6.07) is 24.2. The van der Waals surface area contributed by atoms with E-state index >= 15 is 0 Å². The fourth-order valence-electron chi connectivity index (χ4n) is 2.99. The molecule has 0 heterocycles. The smallest absolute Gasteiger partial charge is 0.150 e. The highest BCUT2D eigenvalue weighted by Gasteiger charge is 2.06. The van der Waals surface area contributed by atoms with E-state index in [0.717, 1.165) is 29.4 Å². The van der Waals surface area contributed by atoms with Crippen LogP contribution < -0.4 is 4.74 Å². The second-order valence-electron chi connectivity index (χ2n) is 6.98. The fraction of sp³-hybridized carbons (Fsp3) is 0.208. The predicted octanol–water partition coefficient (Wildman–Crippen LogP) is 5.94. The van der Waals surface area contributed by atoms with Crippen LogP contribution in [0, 0.1) is 5.92 Å². The van der Waals surface area contributed by atoms with Gasteiger partial charge < -0.3 is 4.74 Å². The summed E-state index contributed by atoms with van der Waals surface area (Å²) in [6.07, 6.45) is 1.94. The summed E-state index contributed by atoms with van der Waals surface area (Å²) in [7, 11) is 0. The lowest BCUT2D eigenvalue weighted by molar-refractivity contribution is 0.112. The average Bonchev–Trinajstić information content (AvgIpc) is 2.67. The summed E-state index contributed by atoms with van der Waals surface area (Å²) < 4.78 is 5.91. The number of hydrogen-bond donors (Lipinski definition) is 0. The van der Waals surface area contributed by atoms with E-state index in [1.807, 2.05) is 42.5 Å². The van der Waals surface area contributed by atoms with Crippen LogP contribution in [0.25, 0.3) is 11.1 Å². The number of aldehydes is 1. The van der Waals surface area contributed by atoms with E-state index in [4.69, 9.17) is 4.74 Å². The first-order chi connectivity index (χ1) is 12.6. The maximum Gasteiger partial charge on any atom is 0.150 e. The van der Waals surface area contributed by atoms with Crippen LogP contribution in [0.5, 0.6) is 5.75 Å². The Morgan fingerprint density at radius 3 is 2.23 bits per heavy atom. The van der Waals surface area contributed by atoms with E-state index < -0.39 is 0 Å². The summed E-state index contributed by atoms with van der Waals surface area (Å²) in [6.45, 7) is 4.92. The number of hydrogen-bond acceptors (Lipinski definition) is 2. The highest BCUT2D eigenvalue weighted by molar-refractivity contribution is 5.80. The molecular weight excluding hydrogens is 320 g/mol. The lowest BCUT2D eigenvalue weighted by atomic mass is 9.98. The quantitative estimate of drug-likeness (QED) is 0.496. The van der Waals surface area contributed by atoms with Crippen LogP contribution in [0.15, 0.2) is 72.8 Å². The lowest BCUT2D eigenvalue weighted by Gasteiger charge is -2.11. The molecule has 0 saturated carbocycles. The molecule has 0 amide bonds. The Balaban J connectivity index is 1.81. The van der Waals surface area contributed by atoms with Crippen LogP contribution in [0.1, 0.15) is 35.3 Å². The van der Waals surface area contributed by atoms with Crippen LogP contribution in [-0.2, 0) is 13.0 Å². The van der Waals surface area contributed by atoms with E-state index in [-0.39, 0.29) is 0 Å². The minimum atomic E-state index is 0.482. The van der Waals surface area contributed by atoms with Gasteiger partial charge in [0, 0.05) is 5.56 Å². The van der Waals surface area contributed by atoms with Gasteiger partial charge in [0.1, 0.15) is 18.6 Å². The molecule has 0 aliphatic heterocycles. The van der Waals surface area contributed by atoms with Gasteiger partial charge >= 0.3 is 0 Å². The molecule has 3 aromatic carbocycles. The van der Waals surface area contributed by atoms with E-state index in [0.29, 0.717) is 23.8 Å². The van der Waals surface area contributed by atoms with E-state index in [1.165, 1.54) is 5.56 Å². The number of benzene rings is 3. The molecule has 0 N–H and O–H groups in total. The molecule has 0 aliphatic rings. The van der Waals surface area contributed by atoms with Crippen molar-refractivity contribution in [1.82, 2.24) is 0 Å². The van der Waals surface area contributed by atoms with E-state index in [1.54, 1.807) is 6.07 Å². The monoisotopic (exact) mass is 344 g/mol. The summed E-state index contributed by atoms with van der Waals surface area (Å²) >= 11 is 0. The second kappa shape index (κ2) is 8.48. The van der Waals surface area contributed by atoms with Crippen LogP contribution in [0.4, 0.5) is 0 Å². The molecule has 0 bridgehead atoms. The topological polar surface area (TPSA) is 26.3 Å². The van der Waals surface area contributed by atoms with Crippen molar-refractivity contribution in [2.45, 2.75) is 26.9 Å². The van der Waals surface area contributed by atoms with Crippen molar-refractivity contribution in [3.63, 3.8) is 0 Å². The molecule has 132 valence electrons. The Morgan fingerprint density at radius 1 is 0.846 bits per heavy atom. The summed E-state index contributed by atoms with van der Waals surface area (Å²) in [5.74, 6) is 1.34. The van der Waals surface area contributed by atoms with Crippen LogP contribution in [0.2, 0.25) is 0 Å². The van der Waals surface area contributed by atoms with Crippen molar-refractivity contribution in [1.29, 1.82) is 0 Å². The van der Waals surface area contributed by atoms with Gasteiger partial charge in [-0.25, -0.2) is 0 Å². The maximum absolute atomic E-state index is 11.3. The molecule has 2 nitrogen and oxygen atoms in total. The lowest BCUT2D eigenvalue weighted by Crippen LogP contribution is -1.97. The van der Waals surface area contributed by atoms with Crippen LogP contribution >= 0.6 is 0 Å². The zero-order valence-electron chi connectivity index (χ0n) is 15.3. The van der Waals surface area contributed by atoms with Crippen molar-refractivity contribution in [3.8, 4) is 16.9 Å². The fourth-order valence-corrected chi connectivity index (χ4v) is 2.99. The van der Waals surface area contributed by atoms with E-state index in [9.17, 15) is 4.79 Å². The van der Waals surface area contributed by atoms with Gasteiger partial charge in [0.15, 0.2) is 0 Å². The molecule has 0 saturated heterocycles. The highest BCUT2D eigenvalue weighted by atomic mass is 16.5. The molecule has 0 aromatic heterocycles. The van der Waals surface area contributed by atoms with Gasteiger partial charge in [-0.2, -0.15) is 0 Å². The zero-order chi connectivity index (χ0) is 18.4. The van der Waals surface area contributed by atoms with Crippen molar-refractivity contribution >= 4 is 6.29 Å². The number of carbonyl (C=O) groups excluding carboxylic acids is 1. The molecule has 0 atom stereocenters. The van der Waals surface area contributed by atoms with Crippen molar-refractivity contribution in [3.05, 3.63) is 89.5 Å². The third kappa shape index (κ3) is 4.82. The summed E-state index contributed by atoms with van der Waals surface area (Å²) in [5.41, 5.74) is 5.13. The van der Waals surface area contributed by atoms with Gasteiger partial charge in [0.05, 0.1) is 0 Å². The van der Waals surface area contributed by atoms with Gasteiger partial charge in [0.2, 0.25) is 0 Å². The molecule has 0 unspecified atom stereocenters. The molecule has 2 heteroatoms. The molecule has 0 spiro atoms. The predicted molar refractivity (Wildman–Crippen MR) is 107 cm³/mol. The largest absolute Gasteiger partial charge is 0.489 e. The Bertz CT molecular complexity index is 849. The maximum atomic E-state index is 11.3. The minimum absolute atomic E-state index is 0.482. The Morgan fingerprint density at radius 2 is 1.58 bits per heavy atom. The SMILES string of the molecule is CC(C)Cc1ccc(-c2cc(C=O)cc(OCc3ccccc3)c2)cc1. The third-order valence-corrected chi connectivity index (χ3v) is 4.24. The van der Waals surface area contributed by atoms with Crippen molar-refractivity contribution in [2.24, 2.45) is 5.92 Å². The Kier molecular flexibility index (Phi) is 5.85. The zero-order valence-corrected chi connectivity index (χ0v) is 15.3. The van der Waals surface area contributed by atoms with E-state index in [2.05, 4.69) is 38.1 Å². The third-order valence-electron chi connectivity index (χ3n) is 4.24. The van der Waals surface area contributed by atoms with Gasteiger partial charge in [-0.05, 0) is 52.8 Å². The number of carbonyl (C=O) groups is 1. The Hall–Kier alpha value is -2.87. The molecule has 0 aliphatic carbocycles. The molecule has 0 radical (unpaired) electrons. The molecular formula is C24H24O2. The highest BCUT2D eigenvalue weighted by Crippen LogP contribution is 2.27.